The molecule has 0 aliphatic rings. The van der Waals surface area contributed by atoms with Gasteiger partial charge in [-0.1, -0.05) is 4.57 Å². The topological polar surface area (TPSA) is 30.2 Å². The second-order valence-electron chi connectivity index (χ2n) is 1.90. The van der Waals surface area contributed by atoms with Crippen LogP contribution in [0.3, 0.4) is 0 Å². The van der Waals surface area contributed by atoms with Crippen molar-refractivity contribution in [2.75, 3.05) is 7.11 Å². The molecule has 0 bridgehead atoms. The third-order valence-electron chi connectivity index (χ3n) is 1.15. The summed E-state index contributed by atoms with van der Waals surface area (Å²) in [5, 5.41) is 0. The summed E-state index contributed by atoms with van der Waals surface area (Å²) < 4.78 is 6.68. The molecule has 58 valence electrons. The van der Waals surface area contributed by atoms with Gasteiger partial charge in [0.05, 0.1) is 11.6 Å². The van der Waals surface area contributed by atoms with Gasteiger partial charge in [0.2, 0.25) is 0 Å². The summed E-state index contributed by atoms with van der Waals surface area (Å²) in [6.07, 6.45) is 2.86. The molecule has 0 radical (unpaired) electrons. The molecule has 0 amide bonds. The highest BCUT2D eigenvalue weighted by molar-refractivity contribution is 9.10. The van der Waals surface area contributed by atoms with Crippen LogP contribution in [-0.2, 0) is 4.74 Å². The van der Waals surface area contributed by atoms with E-state index in [0.29, 0.717) is 0 Å². The minimum atomic E-state index is -0.397. The van der Waals surface area contributed by atoms with Gasteiger partial charge in [0, 0.05) is 6.07 Å². The number of rotatable bonds is 0. The Morgan fingerprint density at radius 3 is 3.00 bits per heavy atom. The summed E-state index contributed by atoms with van der Waals surface area (Å²) in [6, 6.07) is 3.58. The normalized spacial score (nSPS) is 9.27. The van der Waals surface area contributed by atoms with Crippen molar-refractivity contribution >= 4 is 22.0 Å². The van der Waals surface area contributed by atoms with Gasteiger partial charge in [0.15, 0.2) is 12.4 Å². The smallest absolute Gasteiger partial charge is 0.415 e. The van der Waals surface area contributed by atoms with Crippen LogP contribution in [0.25, 0.3) is 0 Å². The van der Waals surface area contributed by atoms with E-state index in [1.54, 1.807) is 18.5 Å². The highest BCUT2D eigenvalue weighted by Gasteiger charge is 2.12. The predicted molar refractivity (Wildman–Crippen MR) is 42.1 cm³/mol. The summed E-state index contributed by atoms with van der Waals surface area (Å²) in [5.74, 6) is 0. The van der Waals surface area contributed by atoms with Crippen LogP contribution in [0.5, 0.6) is 0 Å². The Hall–Kier alpha value is -0.900. The van der Waals surface area contributed by atoms with E-state index in [2.05, 4.69) is 20.7 Å². The second-order valence-corrected chi connectivity index (χ2v) is 2.82. The lowest BCUT2D eigenvalue weighted by molar-refractivity contribution is -0.585. The number of halogens is 1. The van der Waals surface area contributed by atoms with Crippen LogP contribution in [-0.4, -0.2) is 13.2 Å². The molecule has 0 spiro atoms. The van der Waals surface area contributed by atoms with Gasteiger partial charge in [-0.2, -0.15) is 4.79 Å². The van der Waals surface area contributed by atoms with Crippen molar-refractivity contribution < 1.29 is 14.1 Å². The van der Waals surface area contributed by atoms with E-state index in [1.165, 1.54) is 11.7 Å². The molecule has 0 saturated carbocycles. The zero-order chi connectivity index (χ0) is 8.27. The molecular weight excluding hydrogens is 210 g/mol. The molecule has 1 aromatic rings. The first-order valence-electron chi connectivity index (χ1n) is 2.99. The molecule has 0 N–H and O–H groups in total. The lowest BCUT2D eigenvalue weighted by Crippen LogP contribution is -2.41. The Bertz CT molecular complexity index is 275. The number of carbonyl (C=O) groups is 1. The van der Waals surface area contributed by atoms with Crippen molar-refractivity contribution in [3.05, 3.63) is 29.0 Å². The average molecular weight is 217 g/mol. The van der Waals surface area contributed by atoms with Gasteiger partial charge in [-0.15, -0.1) is 0 Å². The van der Waals surface area contributed by atoms with E-state index in [0.717, 1.165) is 4.47 Å². The van der Waals surface area contributed by atoms with Crippen LogP contribution in [0.2, 0.25) is 0 Å². The maximum absolute atomic E-state index is 10.9. The van der Waals surface area contributed by atoms with Gasteiger partial charge < -0.3 is 4.74 Å². The molecule has 0 aliphatic carbocycles. The van der Waals surface area contributed by atoms with Crippen molar-refractivity contribution in [3.63, 3.8) is 0 Å². The van der Waals surface area contributed by atoms with Gasteiger partial charge in [0.25, 0.3) is 0 Å². The predicted octanol–water partition coefficient (Wildman–Crippen LogP) is 1.35. The molecular formula is C7H7BrNO2+. The largest absolute Gasteiger partial charge is 0.601 e. The van der Waals surface area contributed by atoms with Crippen LogP contribution in [0.1, 0.15) is 0 Å². The minimum Gasteiger partial charge on any atom is -0.415 e. The van der Waals surface area contributed by atoms with E-state index < -0.39 is 6.09 Å². The fraction of sp³-hybridized carbons (Fsp3) is 0.143. The van der Waals surface area contributed by atoms with Gasteiger partial charge in [-0.3, -0.25) is 0 Å². The molecule has 1 heterocycles. The molecule has 0 atom stereocenters. The Balaban J connectivity index is 2.96. The van der Waals surface area contributed by atoms with Crippen LogP contribution in [0, 0.1) is 0 Å². The molecule has 0 aromatic carbocycles. The third kappa shape index (κ3) is 2.01. The van der Waals surface area contributed by atoms with Crippen molar-refractivity contribution in [3.8, 4) is 0 Å². The Labute approximate surface area is 72.7 Å². The fourth-order valence-electron chi connectivity index (χ4n) is 0.666. The number of aromatic nitrogens is 1. The molecule has 11 heavy (non-hydrogen) atoms. The second kappa shape index (κ2) is 3.48. The maximum atomic E-state index is 10.9. The highest BCUT2D eigenvalue weighted by Crippen LogP contribution is 2.02. The van der Waals surface area contributed by atoms with E-state index >= 15 is 0 Å². The van der Waals surface area contributed by atoms with Crippen molar-refractivity contribution in [1.29, 1.82) is 0 Å². The van der Waals surface area contributed by atoms with Crippen LogP contribution >= 0.6 is 15.9 Å². The standard InChI is InChI=1S/C7H7BrNO2/c1-11-7(10)9-4-2-3-6(8)5-9/h2-5H,1H3/q+1. The van der Waals surface area contributed by atoms with Gasteiger partial charge in [-0.25, -0.2) is 0 Å². The Morgan fingerprint density at radius 2 is 2.45 bits per heavy atom. The quantitative estimate of drug-likeness (QED) is 0.614. The van der Waals surface area contributed by atoms with Gasteiger partial charge in [0.1, 0.15) is 0 Å². The zero-order valence-corrected chi connectivity index (χ0v) is 7.54. The summed E-state index contributed by atoms with van der Waals surface area (Å²) in [4.78, 5) is 10.9. The Kier molecular flexibility index (Phi) is 2.59. The van der Waals surface area contributed by atoms with Crippen molar-refractivity contribution in [1.82, 2.24) is 0 Å². The van der Waals surface area contributed by atoms with Gasteiger partial charge >= 0.3 is 6.09 Å². The van der Waals surface area contributed by atoms with Crippen LogP contribution in [0.4, 0.5) is 4.79 Å². The number of hydrogen-bond donors (Lipinski definition) is 0. The number of pyridine rings is 1. The third-order valence-corrected chi connectivity index (χ3v) is 1.62. The van der Waals surface area contributed by atoms with Crippen LogP contribution < -0.4 is 4.57 Å². The Morgan fingerprint density at radius 1 is 1.73 bits per heavy atom. The SMILES string of the molecule is COC(=O)[n+]1cccc(Br)c1. The van der Waals surface area contributed by atoms with Crippen molar-refractivity contribution in [2.45, 2.75) is 0 Å². The summed E-state index contributed by atoms with van der Waals surface area (Å²) in [5.41, 5.74) is 0. The molecule has 0 fully saturated rings. The summed E-state index contributed by atoms with van der Waals surface area (Å²) >= 11 is 3.23. The van der Waals surface area contributed by atoms with Crippen LogP contribution in [0.15, 0.2) is 29.0 Å². The minimum absolute atomic E-state index is 0.397. The maximum Gasteiger partial charge on any atom is 0.601 e. The molecule has 4 heteroatoms. The van der Waals surface area contributed by atoms with Gasteiger partial charge in [-0.05, 0) is 22.0 Å². The molecule has 0 aliphatic heterocycles. The summed E-state index contributed by atoms with van der Waals surface area (Å²) in [6.45, 7) is 0. The fourth-order valence-corrected chi connectivity index (χ4v) is 1.04. The molecule has 1 rings (SSSR count). The lowest BCUT2D eigenvalue weighted by atomic mass is 10.5. The summed E-state index contributed by atoms with van der Waals surface area (Å²) in [7, 11) is 1.34. The van der Waals surface area contributed by atoms with E-state index in [-0.39, 0.29) is 0 Å². The molecule has 0 unspecified atom stereocenters. The monoisotopic (exact) mass is 216 g/mol. The average Bonchev–Trinajstić information content (AvgIpc) is 2.03. The highest BCUT2D eigenvalue weighted by atomic mass is 79.9. The number of ether oxygens (including phenoxy) is 1. The van der Waals surface area contributed by atoms with E-state index in [4.69, 9.17) is 0 Å². The first-order valence-corrected chi connectivity index (χ1v) is 3.78. The van der Waals surface area contributed by atoms with E-state index in [1.807, 2.05) is 6.07 Å². The first kappa shape index (κ1) is 8.20. The number of hydrogen-bond acceptors (Lipinski definition) is 2. The lowest BCUT2D eigenvalue weighted by Gasteiger charge is -1.90. The number of nitrogens with zero attached hydrogens (tertiary/aromatic N) is 1. The number of methoxy groups -OCH3 is 1. The molecule has 0 saturated heterocycles. The van der Waals surface area contributed by atoms with Crippen molar-refractivity contribution in [2.24, 2.45) is 0 Å². The molecule has 1 aromatic heterocycles. The zero-order valence-electron chi connectivity index (χ0n) is 5.95. The molecule has 3 nitrogen and oxygen atoms in total. The number of carbonyl (C=O) groups excluding carboxylic acids is 1. The first-order chi connectivity index (χ1) is 5.24. The van der Waals surface area contributed by atoms with E-state index in [9.17, 15) is 4.79 Å².